The van der Waals surface area contributed by atoms with Gasteiger partial charge in [0.1, 0.15) is 5.60 Å². The Bertz CT molecular complexity index is 547. The van der Waals surface area contributed by atoms with Gasteiger partial charge in [-0.15, -0.1) is 0 Å². The molecular weight excluding hydrogens is 260 g/mol. The highest BCUT2D eigenvalue weighted by Crippen LogP contribution is 2.26. The zero-order chi connectivity index (χ0) is 15.5. The summed E-state index contributed by atoms with van der Waals surface area (Å²) >= 11 is 0. The van der Waals surface area contributed by atoms with Gasteiger partial charge in [-0.1, -0.05) is 6.58 Å². The number of carbonyl (C=O) groups excluding carboxylic acids is 1. The lowest BCUT2D eigenvalue weighted by Gasteiger charge is -2.25. The van der Waals surface area contributed by atoms with Crippen LogP contribution in [0, 0.1) is 6.92 Å². The van der Waals surface area contributed by atoms with Crippen molar-refractivity contribution < 1.29 is 19.4 Å². The Balaban J connectivity index is 3.32. The molecule has 2 amide bonds. The van der Waals surface area contributed by atoms with Gasteiger partial charge < -0.3 is 9.84 Å². The smallest absolute Gasteiger partial charge is 0.424 e. The summed E-state index contributed by atoms with van der Waals surface area (Å²) in [4.78, 5) is 28.0. The predicted molar refractivity (Wildman–Crippen MR) is 75.8 cm³/mol. The number of imide groups is 1. The topological polar surface area (TPSA) is 79.7 Å². The summed E-state index contributed by atoms with van der Waals surface area (Å²) in [5.74, 6) is 0. The Labute approximate surface area is 117 Å². The molecule has 1 heterocycles. The summed E-state index contributed by atoms with van der Waals surface area (Å²) in [7, 11) is 0. The number of aromatic nitrogens is 1. The van der Waals surface area contributed by atoms with Gasteiger partial charge in [0.25, 0.3) is 0 Å². The molecule has 0 aliphatic heterocycles. The first-order chi connectivity index (χ1) is 9.17. The van der Waals surface area contributed by atoms with Crippen LogP contribution in [0.4, 0.5) is 15.3 Å². The van der Waals surface area contributed by atoms with E-state index in [1.807, 2.05) is 0 Å². The van der Waals surface area contributed by atoms with E-state index < -0.39 is 17.8 Å². The fourth-order valence-electron chi connectivity index (χ4n) is 1.58. The molecule has 0 unspecified atom stereocenters. The van der Waals surface area contributed by atoms with Crippen LogP contribution in [0.1, 0.15) is 32.0 Å². The first kappa shape index (κ1) is 15.7. The quantitative estimate of drug-likeness (QED) is 0.896. The Morgan fingerprint density at radius 1 is 1.45 bits per heavy atom. The molecule has 0 saturated heterocycles. The van der Waals surface area contributed by atoms with Crippen LogP contribution in [0.2, 0.25) is 0 Å². The molecule has 0 atom stereocenters. The SMILES string of the molecule is C=Cc1nccc(C)c1N(C(=O)O)C(=O)OC(C)(C)C. The average Bonchev–Trinajstić information content (AvgIpc) is 2.28. The van der Waals surface area contributed by atoms with Crippen molar-refractivity contribution in [2.45, 2.75) is 33.3 Å². The first-order valence-electron chi connectivity index (χ1n) is 6.01. The molecule has 0 aliphatic carbocycles. The monoisotopic (exact) mass is 278 g/mol. The van der Waals surface area contributed by atoms with Gasteiger partial charge >= 0.3 is 12.2 Å². The van der Waals surface area contributed by atoms with Crippen molar-refractivity contribution in [1.29, 1.82) is 0 Å². The number of rotatable bonds is 2. The van der Waals surface area contributed by atoms with Crippen LogP contribution in [-0.4, -0.2) is 27.9 Å². The molecule has 0 fully saturated rings. The highest BCUT2D eigenvalue weighted by molar-refractivity contribution is 6.10. The van der Waals surface area contributed by atoms with Gasteiger partial charge in [0, 0.05) is 6.20 Å². The number of pyridine rings is 1. The number of carbonyl (C=O) groups is 2. The van der Waals surface area contributed by atoms with Gasteiger partial charge in [-0.25, -0.2) is 9.59 Å². The number of nitrogens with zero attached hydrogens (tertiary/aromatic N) is 2. The molecular formula is C14H18N2O4. The third-order valence-corrected chi connectivity index (χ3v) is 2.34. The van der Waals surface area contributed by atoms with Gasteiger partial charge in [-0.05, 0) is 45.4 Å². The summed E-state index contributed by atoms with van der Waals surface area (Å²) in [5.41, 5.74) is 0.251. The molecule has 1 aromatic heterocycles. The molecule has 6 nitrogen and oxygen atoms in total. The van der Waals surface area contributed by atoms with Crippen molar-refractivity contribution in [2.24, 2.45) is 0 Å². The van der Waals surface area contributed by atoms with Gasteiger partial charge in [0.05, 0.1) is 11.4 Å². The number of ether oxygens (including phenoxy) is 1. The molecule has 0 aliphatic rings. The normalized spacial score (nSPS) is 10.8. The molecule has 0 aromatic carbocycles. The number of carboxylic acid groups (broad SMARTS) is 1. The minimum Gasteiger partial charge on any atom is -0.464 e. The lowest BCUT2D eigenvalue weighted by Crippen LogP contribution is -2.41. The summed E-state index contributed by atoms with van der Waals surface area (Å²) in [6.07, 6.45) is 0.510. The van der Waals surface area contributed by atoms with Crippen molar-refractivity contribution >= 4 is 23.9 Å². The fraction of sp³-hybridized carbons (Fsp3) is 0.357. The summed E-state index contributed by atoms with van der Waals surface area (Å²) < 4.78 is 5.11. The Morgan fingerprint density at radius 3 is 2.50 bits per heavy atom. The fourth-order valence-corrected chi connectivity index (χ4v) is 1.58. The van der Waals surface area contributed by atoms with Crippen LogP contribution < -0.4 is 4.90 Å². The van der Waals surface area contributed by atoms with Crippen LogP contribution in [-0.2, 0) is 4.74 Å². The predicted octanol–water partition coefficient (Wildman–Crippen LogP) is 3.45. The van der Waals surface area contributed by atoms with E-state index in [9.17, 15) is 14.7 Å². The molecule has 1 aromatic rings. The van der Waals surface area contributed by atoms with Gasteiger partial charge in [-0.3, -0.25) is 4.98 Å². The Hall–Kier alpha value is -2.37. The van der Waals surface area contributed by atoms with Crippen molar-refractivity contribution in [1.82, 2.24) is 4.98 Å². The highest BCUT2D eigenvalue weighted by Gasteiger charge is 2.31. The van der Waals surface area contributed by atoms with Crippen LogP contribution in [0.5, 0.6) is 0 Å². The van der Waals surface area contributed by atoms with Crippen LogP contribution in [0.15, 0.2) is 18.8 Å². The lowest BCUT2D eigenvalue weighted by atomic mass is 10.1. The zero-order valence-corrected chi connectivity index (χ0v) is 12.0. The van der Waals surface area contributed by atoms with Gasteiger partial charge in [0.15, 0.2) is 0 Å². The highest BCUT2D eigenvalue weighted by atomic mass is 16.6. The van der Waals surface area contributed by atoms with E-state index >= 15 is 0 Å². The summed E-state index contributed by atoms with van der Waals surface area (Å²) in [6.45, 7) is 10.2. The molecule has 0 saturated carbocycles. The van der Waals surface area contributed by atoms with Crippen molar-refractivity contribution in [3.8, 4) is 0 Å². The molecule has 6 heteroatoms. The van der Waals surface area contributed by atoms with Crippen molar-refractivity contribution in [3.05, 3.63) is 30.1 Å². The van der Waals surface area contributed by atoms with E-state index in [2.05, 4.69) is 11.6 Å². The van der Waals surface area contributed by atoms with Gasteiger partial charge in [0.2, 0.25) is 0 Å². The number of hydrogen-bond acceptors (Lipinski definition) is 4. The molecule has 1 N–H and O–H groups in total. The van der Waals surface area contributed by atoms with Crippen LogP contribution in [0.25, 0.3) is 6.08 Å². The van der Waals surface area contributed by atoms with Crippen molar-refractivity contribution in [2.75, 3.05) is 4.90 Å². The maximum absolute atomic E-state index is 12.1. The standard InChI is InChI=1S/C14H18N2O4/c1-6-10-11(9(2)7-8-15-10)16(12(17)18)13(19)20-14(3,4)5/h6-8H,1H2,2-5H3,(H,17,18). The van der Waals surface area contributed by atoms with E-state index in [1.54, 1.807) is 33.8 Å². The van der Waals surface area contributed by atoms with Crippen LogP contribution >= 0.6 is 0 Å². The first-order valence-corrected chi connectivity index (χ1v) is 6.01. The van der Waals surface area contributed by atoms with E-state index in [1.165, 1.54) is 12.3 Å². The second kappa shape index (κ2) is 5.73. The molecule has 0 bridgehead atoms. The molecule has 0 radical (unpaired) electrons. The largest absolute Gasteiger partial charge is 0.464 e. The third-order valence-electron chi connectivity index (χ3n) is 2.34. The van der Waals surface area contributed by atoms with E-state index in [-0.39, 0.29) is 5.69 Å². The summed E-state index contributed by atoms with van der Waals surface area (Å²) in [6, 6.07) is 1.61. The van der Waals surface area contributed by atoms with E-state index in [0.29, 0.717) is 16.2 Å². The van der Waals surface area contributed by atoms with E-state index in [4.69, 9.17) is 4.74 Å². The Kier molecular flexibility index (Phi) is 4.49. The maximum atomic E-state index is 12.1. The minimum absolute atomic E-state index is 0.157. The second-order valence-corrected chi connectivity index (χ2v) is 5.16. The van der Waals surface area contributed by atoms with Crippen molar-refractivity contribution in [3.63, 3.8) is 0 Å². The Morgan fingerprint density at radius 2 is 2.05 bits per heavy atom. The average molecular weight is 278 g/mol. The number of amides is 2. The number of anilines is 1. The summed E-state index contributed by atoms with van der Waals surface area (Å²) in [5, 5.41) is 9.30. The number of aryl methyl sites for hydroxylation is 1. The second-order valence-electron chi connectivity index (χ2n) is 5.16. The minimum atomic E-state index is -1.43. The van der Waals surface area contributed by atoms with Gasteiger partial charge in [-0.2, -0.15) is 4.90 Å². The lowest BCUT2D eigenvalue weighted by molar-refractivity contribution is 0.0581. The van der Waals surface area contributed by atoms with E-state index in [0.717, 1.165) is 0 Å². The molecule has 108 valence electrons. The van der Waals surface area contributed by atoms with Crippen LogP contribution in [0.3, 0.4) is 0 Å². The molecule has 0 spiro atoms. The molecule has 1 rings (SSSR count). The third kappa shape index (κ3) is 3.57. The maximum Gasteiger partial charge on any atom is 0.424 e. The molecule has 20 heavy (non-hydrogen) atoms. The number of hydrogen-bond donors (Lipinski definition) is 1. The zero-order valence-electron chi connectivity index (χ0n) is 12.0.